The van der Waals surface area contributed by atoms with Gasteiger partial charge in [0.15, 0.2) is 0 Å². The second kappa shape index (κ2) is 8.81. The van der Waals surface area contributed by atoms with Crippen LogP contribution in [0.25, 0.3) is 16.4 Å². The molecule has 4 aromatic heterocycles. The Labute approximate surface area is 197 Å². The van der Waals surface area contributed by atoms with Gasteiger partial charge < -0.3 is 15.5 Å². The minimum atomic E-state index is 0.560. The molecule has 1 aromatic carbocycles. The van der Waals surface area contributed by atoms with Crippen LogP contribution in [0.5, 0.6) is 0 Å². The maximum Gasteiger partial charge on any atom is 0.123 e. The first kappa shape index (κ1) is 21.4. The monoisotopic (exact) mass is 456 g/mol. The van der Waals surface area contributed by atoms with Gasteiger partial charge >= 0.3 is 0 Å². The highest BCUT2D eigenvalue weighted by Gasteiger charge is 2.12. The molecule has 0 aliphatic heterocycles. The molecule has 0 atom stereocenters. The maximum atomic E-state index is 6.14. The van der Waals surface area contributed by atoms with E-state index in [0.717, 1.165) is 39.2 Å². The Morgan fingerprint density at radius 3 is 2.76 bits per heavy atom. The summed E-state index contributed by atoms with van der Waals surface area (Å²) in [6, 6.07) is 16.3. The number of nitrogens with zero attached hydrogens (tertiary/aromatic N) is 4. The van der Waals surface area contributed by atoms with Crippen LogP contribution in [0.1, 0.15) is 33.9 Å². The number of imidazole rings is 1. The number of nitrogen functional groups attached to an aromatic ring is 1. The molecule has 0 aliphatic carbocycles. The van der Waals surface area contributed by atoms with Gasteiger partial charge in [0, 0.05) is 43.0 Å². The van der Waals surface area contributed by atoms with Gasteiger partial charge in [-0.05, 0) is 66.9 Å². The number of nitrogens with two attached hydrogens (primary N) is 1. The quantitative estimate of drug-likeness (QED) is 0.375. The molecule has 0 fully saturated rings. The van der Waals surface area contributed by atoms with Crippen LogP contribution in [-0.2, 0) is 19.5 Å². The number of rotatable bonds is 6. The number of nitrogens with one attached hydrogen (secondary N) is 1. The Balaban J connectivity index is 1.39. The molecular weight excluding hydrogens is 432 g/mol. The van der Waals surface area contributed by atoms with E-state index in [1.807, 2.05) is 37.3 Å². The summed E-state index contributed by atoms with van der Waals surface area (Å²) < 4.78 is 2.17. The molecular formula is C26H25ClN6. The number of pyridine rings is 3. The van der Waals surface area contributed by atoms with Gasteiger partial charge in [-0.25, -0.2) is 9.97 Å². The highest BCUT2D eigenvalue weighted by atomic mass is 35.5. The van der Waals surface area contributed by atoms with E-state index in [9.17, 15) is 0 Å². The van der Waals surface area contributed by atoms with E-state index < -0.39 is 0 Å². The summed E-state index contributed by atoms with van der Waals surface area (Å²) in [5.74, 6) is 1.56. The van der Waals surface area contributed by atoms with Crippen LogP contribution >= 0.6 is 11.6 Å². The van der Waals surface area contributed by atoms with Crippen molar-refractivity contribution < 1.29 is 0 Å². The number of halogens is 1. The Hall–Kier alpha value is -3.48. The highest BCUT2D eigenvalue weighted by Crippen LogP contribution is 2.22. The largest absolute Gasteiger partial charge is 0.384 e. The standard InChI is InChI=1S/C26H25ClN6/c1-16-9-25(28)31-17(2)21(16)14-29-15-23-24-5-3-4-8-33(24)26(32-23)11-18-6-7-22-19(10-18)12-20(27)13-30-22/h3-10,12-13,29H,11,14-15H2,1-2H3,(H2,28,31). The number of fused-ring (bicyclic) bond motifs is 2. The van der Waals surface area contributed by atoms with Crippen LogP contribution in [-0.4, -0.2) is 19.4 Å². The number of hydrogen-bond donors (Lipinski definition) is 2. The summed E-state index contributed by atoms with van der Waals surface area (Å²) in [5.41, 5.74) is 13.4. The molecule has 4 heterocycles. The lowest BCUT2D eigenvalue weighted by Crippen LogP contribution is -2.16. The van der Waals surface area contributed by atoms with Crippen molar-refractivity contribution in [1.29, 1.82) is 0 Å². The molecule has 6 nitrogen and oxygen atoms in total. The Bertz CT molecular complexity index is 1450. The van der Waals surface area contributed by atoms with Gasteiger partial charge in [-0.2, -0.15) is 0 Å². The van der Waals surface area contributed by atoms with Crippen LogP contribution in [0.3, 0.4) is 0 Å². The summed E-state index contributed by atoms with van der Waals surface area (Å²) in [5, 5.41) is 5.21. The number of benzene rings is 1. The van der Waals surface area contributed by atoms with Crippen molar-refractivity contribution in [3.05, 3.63) is 99.8 Å². The molecule has 5 aromatic rings. The maximum absolute atomic E-state index is 6.14. The van der Waals surface area contributed by atoms with Gasteiger partial charge in [-0.3, -0.25) is 4.98 Å². The molecule has 0 saturated carbocycles. The highest BCUT2D eigenvalue weighted by molar-refractivity contribution is 6.31. The summed E-state index contributed by atoms with van der Waals surface area (Å²) >= 11 is 6.14. The van der Waals surface area contributed by atoms with Crippen LogP contribution in [0.2, 0.25) is 5.02 Å². The Morgan fingerprint density at radius 1 is 1.03 bits per heavy atom. The first-order chi connectivity index (χ1) is 16.0. The van der Waals surface area contributed by atoms with Crippen molar-refractivity contribution in [2.45, 2.75) is 33.4 Å². The molecule has 7 heteroatoms. The molecule has 0 amide bonds. The number of aromatic nitrogens is 4. The SMILES string of the molecule is Cc1cc(N)nc(C)c1CNCc1nc(Cc2ccc3ncc(Cl)cc3c2)n2ccccc12. The lowest BCUT2D eigenvalue weighted by atomic mass is 10.1. The molecule has 0 unspecified atom stereocenters. The van der Waals surface area contributed by atoms with Crippen molar-refractivity contribution in [3.63, 3.8) is 0 Å². The van der Waals surface area contributed by atoms with Gasteiger partial charge in [0.1, 0.15) is 11.6 Å². The fraction of sp³-hybridized carbons (Fsp3) is 0.192. The molecule has 0 spiro atoms. The van der Waals surface area contributed by atoms with Crippen molar-refractivity contribution in [2.75, 3.05) is 5.73 Å². The van der Waals surface area contributed by atoms with Crippen molar-refractivity contribution in [1.82, 2.24) is 24.7 Å². The van der Waals surface area contributed by atoms with Crippen LogP contribution in [0.15, 0.2) is 60.9 Å². The fourth-order valence-electron chi connectivity index (χ4n) is 4.33. The Morgan fingerprint density at radius 2 is 1.91 bits per heavy atom. The molecule has 0 aliphatic rings. The normalized spacial score (nSPS) is 11.5. The zero-order chi connectivity index (χ0) is 22.9. The summed E-state index contributed by atoms with van der Waals surface area (Å²) in [7, 11) is 0. The van der Waals surface area contributed by atoms with Gasteiger partial charge in [-0.1, -0.05) is 23.7 Å². The van der Waals surface area contributed by atoms with Gasteiger partial charge in [-0.15, -0.1) is 0 Å². The first-order valence-electron chi connectivity index (χ1n) is 10.9. The lowest BCUT2D eigenvalue weighted by Gasteiger charge is -2.11. The lowest BCUT2D eigenvalue weighted by molar-refractivity contribution is 0.676. The van der Waals surface area contributed by atoms with E-state index in [1.165, 1.54) is 11.1 Å². The van der Waals surface area contributed by atoms with Crippen molar-refractivity contribution >= 4 is 33.8 Å². The van der Waals surface area contributed by atoms with E-state index in [0.29, 0.717) is 30.4 Å². The summed E-state index contributed by atoms with van der Waals surface area (Å²) in [6.45, 7) is 5.44. The second-order valence-electron chi connectivity index (χ2n) is 8.32. The van der Waals surface area contributed by atoms with Crippen LogP contribution in [0.4, 0.5) is 5.82 Å². The fourth-order valence-corrected chi connectivity index (χ4v) is 4.50. The third kappa shape index (κ3) is 4.40. The van der Waals surface area contributed by atoms with Gasteiger partial charge in [0.25, 0.3) is 0 Å². The van der Waals surface area contributed by atoms with E-state index >= 15 is 0 Å². The molecule has 0 radical (unpaired) electrons. The minimum Gasteiger partial charge on any atom is -0.384 e. The second-order valence-corrected chi connectivity index (χ2v) is 8.76. The number of hydrogen-bond acceptors (Lipinski definition) is 5. The third-order valence-corrected chi connectivity index (χ3v) is 6.15. The van der Waals surface area contributed by atoms with Crippen LogP contribution < -0.4 is 11.1 Å². The molecule has 5 rings (SSSR count). The first-order valence-corrected chi connectivity index (χ1v) is 11.3. The summed E-state index contributed by atoms with van der Waals surface area (Å²) in [4.78, 5) is 13.8. The number of aryl methyl sites for hydroxylation is 2. The van der Waals surface area contributed by atoms with Crippen LogP contribution in [0, 0.1) is 13.8 Å². The Kier molecular flexibility index (Phi) is 5.70. The molecule has 33 heavy (non-hydrogen) atoms. The third-order valence-electron chi connectivity index (χ3n) is 5.94. The van der Waals surface area contributed by atoms with Gasteiger partial charge in [0.05, 0.1) is 21.7 Å². The van der Waals surface area contributed by atoms with Gasteiger partial charge in [0.2, 0.25) is 0 Å². The topological polar surface area (TPSA) is 81.1 Å². The predicted octanol–water partition coefficient (Wildman–Crippen LogP) is 5.01. The number of anilines is 1. The molecule has 3 N–H and O–H groups in total. The van der Waals surface area contributed by atoms with E-state index in [-0.39, 0.29) is 0 Å². The van der Waals surface area contributed by atoms with Crippen molar-refractivity contribution in [3.8, 4) is 0 Å². The molecule has 0 bridgehead atoms. The minimum absolute atomic E-state index is 0.560. The zero-order valence-electron chi connectivity index (χ0n) is 18.6. The summed E-state index contributed by atoms with van der Waals surface area (Å²) in [6.07, 6.45) is 4.46. The smallest absolute Gasteiger partial charge is 0.123 e. The predicted molar refractivity (Wildman–Crippen MR) is 133 cm³/mol. The average molecular weight is 457 g/mol. The average Bonchev–Trinajstić information content (AvgIpc) is 3.12. The van der Waals surface area contributed by atoms with Crippen molar-refractivity contribution in [2.24, 2.45) is 0 Å². The molecule has 0 saturated heterocycles. The van der Waals surface area contributed by atoms with E-state index in [4.69, 9.17) is 22.3 Å². The zero-order valence-corrected chi connectivity index (χ0v) is 19.4. The van der Waals surface area contributed by atoms with E-state index in [1.54, 1.807) is 6.20 Å². The van der Waals surface area contributed by atoms with E-state index in [2.05, 4.69) is 51.0 Å². The molecule has 166 valence electrons.